The summed E-state index contributed by atoms with van der Waals surface area (Å²) in [7, 11) is -4.12. The zero-order chi connectivity index (χ0) is 29.4. The summed E-state index contributed by atoms with van der Waals surface area (Å²) in [6.45, 7) is 8.94. The number of amides is 2. The van der Waals surface area contributed by atoms with Gasteiger partial charge in [-0.2, -0.15) is 0 Å². The van der Waals surface area contributed by atoms with Crippen LogP contribution < -0.4 is 9.62 Å². The molecule has 3 aromatic rings. The second-order valence-electron chi connectivity index (χ2n) is 9.97. The molecule has 0 aliphatic heterocycles. The standard InChI is InChI=1S/C31H38ClN3O4S/c1-6-24(5)33-31(37)28(7-2)34(20-25-13-11-12-16-27(25)32)30(36)21-35(29-19-22(3)17-18-23(29)4)40(38,39)26-14-9-8-10-15-26/h8-19,24,28H,6-7,20-21H2,1-5H3,(H,33,37)/t24-,28-/m0/s1. The van der Waals surface area contributed by atoms with Crippen LogP contribution in [0.1, 0.15) is 50.3 Å². The number of rotatable bonds is 12. The summed E-state index contributed by atoms with van der Waals surface area (Å²) in [5.74, 6) is -0.798. The minimum absolute atomic E-state index is 0.0525. The summed E-state index contributed by atoms with van der Waals surface area (Å²) in [6.07, 6.45) is 1.07. The molecule has 2 amide bonds. The molecule has 0 bridgehead atoms. The van der Waals surface area contributed by atoms with Gasteiger partial charge >= 0.3 is 0 Å². The first-order valence-corrected chi connectivity index (χ1v) is 15.3. The molecule has 1 N–H and O–H groups in total. The number of aryl methyl sites for hydroxylation is 2. The molecular formula is C31H38ClN3O4S. The number of nitrogens with one attached hydrogen (secondary N) is 1. The van der Waals surface area contributed by atoms with E-state index < -0.39 is 28.5 Å². The molecule has 9 heteroatoms. The zero-order valence-electron chi connectivity index (χ0n) is 23.7. The Morgan fingerprint density at radius 2 is 1.57 bits per heavy atom. The molecule has 7 nitrogen and oxygen atoms in total. The van der Waals surface area contributed by atoms with Gasteiger partial charge in [0.1, 0.15) is 12.6 Å². The van der Waals surface area contributed by atoms with Crippen LogP contribution in [0.5, 0.6) is 0 Å². The Hall–Kier alpha value is -3.36. The second kappa shape index (κ2) is 13.8. The molecule has 0 saturated heterocycles. The highest BCUT2D eigenvalue weighted by atomic mass is 35.5. The van der Waals surface area contributed by atoms with Gasteiger partial charge in [0, 0.05) is 17.6 Å². The van der Waals surface area contributed by atoms with Crippen molar-refractivity contribution in [1.82, 2.24) is 10.2 Å². The van der Waals surface area contributed by atoms with E-state index in [0.29, 0.717) is 28.3 Å². The van der Waals surface area contributed by atoms with E-state index in [1.165, 1.54) is 17.0 Å². The molecule has 0 fully saturated rings. The molecule has 0 unspecified atom stereocenters. The lowest BCUT2D eigenvalue weighted by molar-refractivity contribution is -0.140. The first-order chi connectivity index (χ1) is 19.0. The van der Waals surface area contributed by atoms with Crippen LogP contribution in [-0.4, -0.2) is 43.8 Å². The minimum atomic E-state index is -4.12. The number of nitrogens with zero attached hydrogens (tertiary/aromatic N) is 2. The van der Waals surface area contributed by atoms with Crippen LogP contribution in [0.15, 0.2) is 77.7 Å². The predicted molar refractivity (Wildman–Crippen MR) is 161 cm³/mol. The smallest absolute Gasteiger partial charge is 0.264 e. The SMILES string of the molecule is CC[C@H](C)NC(=O)[C@H](CC)N(Cc1ccccc1Cl)C(=O)CN(c1cc(C)ccc1C)S(=O)(=O)c1ccccc1. The number of benzene rings is 3. The van der Waals surface area contributed by atoms with E-state index in [0.717, 1.165) is 16.3 Å². The number of halogens is 1. The third-order valence-corrected chi connectivity index (χ3v) is 9.07. The van der Waals surface area contributed by atoms with Crippen molar-refractivity contribution in [2.75, 3.05) is 10.8 Å². The number of carbonyl (C=O) groups excluding carboxylic acids is 2. The van der Waals surface area contributed by atoms with Gasteiger partial charge in [-0.05, 0) is 74.6 Å². The predicted octanol–water partition coefficient (Wildman–Crippen LogP) is 5.87. The maximum Gasteiger partial charge on any atom is 0.264 e. The van der Waals surface area contributed by atoms with Gasteiger partial charge in [-0.1, -0.05) is 74.0 Å². The third-order valence-electron chi connectivity index (χ3n) is 6.93. The Labute approximate surface area is 243 Å². The fraction of sp³-hybridized carbons (Fsp3) is 0.355. The topological polar surface area (TPSA) is 86.8 Å². The Morgan fingerprint density at radius 3 is 2.20 bits per heavy atom. The lowest BCUT2D eigenvalue weighted by atomic mass is 10.1. The first kappa shape index (κ1) is 31.2. The molecule has 0 saturated carbocycles. The highest BCUT2D eigenvalue weighted by molar-refractivity contribution is 7.92. The van der Waals surface area contributed by atoms with Gasteiger partial charge < -0.3 is 10.2 Å². The highest BCUT2D eigenvalue weighted by Crippen LogP contribution is 2.29. The molecule has 0 aliphatic carbocycles. The summed E-state index contributed by atoms with van der Waals surface area (Å²) >= 11 is 6.45. The number of sulfonamides is 1. The molecule has 3 rings (SSSR count). The van der Waals surface area contributed by atoms with E-state index in [1.54, 1.807) is 42.5 Å². The number of hydrogen-bond acceptors (Lipinski definition) is 4. The van der Waals surface area contributed by atoms with Crippen molar-refractivity contribution in [3.05, 3.63) is 94.5 Å². The largest absolute Gasteiger partial charge is 0.352 e. The zero-order valence-corrected chi connectivity index (χ0v) is 25.3. The number of hydrogen-bond donors (Lipinski definition) is 1. The van der Waals surface area contributed by atoms with E-state index >= 15 is 0 Å². The summed E-state index contributed by atoms with van der Waals surface area (Å²) in [5.41, 5.74) is 2.63. The van der Waals surface area contributed by atoms with Crippen molar-refractivity contribution in [1.29, 1.82) is 0 Å². The fourth-order valence-electron chi connectivity index (χ4n) is 4.39. The average Bonchev–Trinajstić information content (AvgIpc) is 2.94. The van der Waals surface area contributed by atoms with Gasteiger partial charge in [0.25, 0.3) is 10.0 Å². The average molecular weight is 584 g/mol. The van der Waals surface area contributed by atoms with Crippen LogP contribution in [0.4, 0.5) is 5.69 Å². The maximum absolute atomic E-state index is 14.2. The van der Waals surface area contributed by atoms with E-state index in [9.17, 15) is 18.0 Å². The van der Waals surface area contributed by atoms with Crippen LogP contribution in [-0.2, 0) is 26.2 Å². The van der Waals surface area contributed by atoms with E-state index in [2.05, 4.69) is 5.32 Å². The van der Waals surface area contributed by atoms with Crippen LogP contribution >= 0.6 is 11.6 Å². The van der Waals surface area contributed by atoms with Gasteiger partial charge in [0.15, 0.2) is 0 Å². The molecule has 0 radical (unpaired) electrons. The number of carbonyl (C=O) groups is 2. The third kappa shape index (κ3) is 7.43. The monoisotopic (exact) mass is 583 g/mol. The first-order valence-electron chi connectivity index (χ1n) is 13.5. The Kier molecular flexibility index (Phi) is 10.8. The van der Waals surface area contributed by atoms with Crippen molar-refractivity contribution in [2.45, 2.75) is 71.0 Å². The van der Waals surface area contributed by atoms with Crippen LogP contribution in [0.25, 0.3) is 0 Å². The van der Waals surface area contributed by atoms with Crippen molar-refractivity contribution in [2.24, 2.45) is 0 Å². The molecule has 214 valence electrons. The van der Waals surface area contributed by atoms with Crippen molar-refractivity contribution >= 4 is 39.1 Å². The summed E-state index contributed by atoms with van der Waals surface area (Å²) in [5, 5.41) is 3.44. The van der Waals surface area contributed by atoms with Crippen molar-refractivity contribution in [3.63, 3.8) is 0 Å². The summed E-state index contributed by atoms with van der Waals surface area (Å²) < 4.78 is 29.1. The molecular weight excluding hydrogens is 546 g/mol. The Balaban J connectivity index is 2.10. The summed E-state index contributed by atoms with van der Waals surface area (Å²) in [6, 6.07) is 19.7. The quantitative estimate of drug-likeness (QED) is 0.289. The van der Waals surface area contributed by atoms with Gasteiger partial charge in [-0.25, -0.2) is 8.42 Å². The molecule has 0 heterocycles. The molecule has 40 heavy (non-hydrogen) atoms. The van der Waals surface area contributed by atoms with E-state index in [4.69, 9.17) is 11.6 Å². The minimum Gasteiger partial charge on any atom is -0.352 e. The lowest BCUT2D eigenvalue weighted by Gasteiger charge is -2.34. The normalized spacial score (nSPS) is 12.8. The molecule has 2 atom stereocenters. The Bertz CT molecular complexity index is 1430. The maximum atomic E-state index is 14.2. The summed E-state index contributed by atoms with van der Waals surface area (Å²) in [4.78, 5) is 29.1. The van der Waals surface area contributed by atoms with Crippen molar-refractivity contribution in [3.8, 4) is 0 Å². The van der Waals surface area contributed by atoms with Gasteiger partial charge in [0.2, 0.25) is 11.8 Å². The molecule has 3 aromatic carbocycles. The van der Waals surface area contributed by atoms with Gasteiger partial charge in [-0.3, -0.25) is 13.9 Å². The van der Waals surface area contributed by atoms with Crippen LogP contribution in [0.2, 0.25) is 5.02 Å². The molecule has 0 aromatic heterocycles. The van der Waals surface area contributed by atoms with Gasteiger partial charge in [0.05, 0.1) is 10.6 Å². The van der Waals surface area contributed by atoms with Gasteiger partial charge in [-0.15, -0.1) is 0 Å². The molecule has 0 spiro atoms. The van der Waals surface area contributed by atoms with Crippen LogP contribution in [0.3, 0.4) is 0 Å². The second-order valence-corrected chi connectivity index (χ2v) is 12.2. The fourth-order valence-corrected chi connectivity index (χ4v) is 6.08. The molecule has 0 aliphatic rings. The van der Waals surface area contributed by atoms with E-state index in [1.807, 2.05) is 52.8 Å². The van der Waals surface area contributed by atoms with Crippen LogP contribution in [0, 0.1) is 13.8 Å². The van der Waals surface area contributed by atoms with Crippen molar-refractivity contribution < 1.29 is 18.0 Å². The number of anilines is 1. The lowest BCUT2D eigenvalue weighted by Crippen LogP contribution is -2.53. The van der Waals surface area contributed by atoms with E-state index in [-0.39, 0.29) is 23.4 Å². The Morgan fingerprint density at radius 1 is 0.925 bits per heavy atom. The highest BCUT2D eigenvalue weighted by Gasteiger charge is 2.34.